The number of furan rings is 1. The van der Waals surface area contributed by atoms with Crippen LogP contribution >= 0.6 is 0 Å². The standard InChI is InChI=1S/C14H14N2O.2C2H6/c1-9-6-10(2)14-12(4-5-17-14)13(9)11-7-15-16(3)8-11;2*1-2/h4-8H,1-3H3;2*1-2H3. The fourth-order valence-corrected chi connectivity index (χ4v) is 2.42. The fraction of sp³-hybridized carbons (Fsp3) is 0.389. The zero-order valence-corrected chi connectivity index (χ0v) is 14.2. The van der Waals surface area contributed by atoms with Crippen molar-refractivity contribution in [2.45, 2.75) is 41.5 Å². The molecule has 3 nitrogen and oxygen atoms in total. The minimum atomic E-state index is 0.967. The molecule has 0 aliphatic rings. The maximum atomic E-state index is 5.55. The highest BCUT2D eigenvalue weighted by molar-refractivity contribution is 5.97. The lowest BCUT2D eigenvalue weighted by Gasteiger charge is -2.07. The van der Waals surface area contributed by atoms with Crippen LogP contribution in [-0.4, -0.2) is 9.78 Å². The Balaban J connectivity index is 0.000000510. The van der Waals surface area contributed by atoms with Crippen LogP contribution in [0.3, 0.4) is 0 Å². The first-order chi connectivity index (χ1) is 10.2. The third-order valence-electron chi connectivity index (χ3n) is 3.11. The summed E-state index contributed by atoms with van der Waals surface area (Å²) in [7, 11) is 1.93. The molecule has 2 heterocycles. The van der Waals surface area contributed by atoms with Gasteiger partial charge in [-0.15, -0.1) is 0 Å². The van der Waals surface area contributed by atoms with Crippen molar-refractivity contribution in [3.05, 3.63) is 41.9 Å². The number of fused-ring (bicyclic) bond motifs is 1. The van der Waals surface area contributed by atoms with Crippen LogP contribution in [0.4, 0.5) is 0 Å². The molecule has 0 fully saturated rings. The summed E-state index contributed by atoms with van der Waals surface area (Å²) in [6, 6.07) is 4.19. The van der Waals surface area contributed by atoms with E-state index in [-0.39, 0.29) is 0 Å². The molecular weight excluding hydrogens is 260 g/mol. The highest BCUT2D eigenvalue weighted by atomic mass is 16.3. The lowest BCUT2D eigenvalue weighted by Crippen LogP contribution is -1.86. The third kappa shape index (κ3) is 3.35. The maximum absolute atomic E-state index is 5.55. The summed E-state index contributed by atoms with van der Waals surface area (Å²) in [4.78, 5) is 0. The second-order valence-corrected chi connectivity index (χ2v) is 4.45. The Kier molecular flexibility index (Phi) is 6.22. The molecule has 114 valence electrons. The van der Waals surface area contributed by atoms with E-state index in [9.17, 15) is 0 Å². The van der Waals surface area contributed by atoms with Gasteiger partial charge < -0.3 is 4.42 Å². The number of hydrogen-bond acceptors (Lipinski definition) is 2. The van der Waals surface area contributed by atoms with E-state index in [0.29, 0.717) is 0 Å². The van der Waals surface area contributed by atoms with Gasteiger partial charge in [0.15, 0.2) is 0 Å². The van der Waals surface area contributed by atoms with E-state index >= 15 is 0 Å². The molecule has 3 rings (SSSR count). The van der Waals surface area contributed by atoms with Gasteiger partial charge in [0.25, 0.3) is 0 Å². The summed E-state index contributed by atoms with van der Waals surface area (Å²) in [5.41, 5.74) is 5.75. The Morgan fingerprint density at radius 2 is 1.71 bits per heavy atom. The van der Waals surface area contributed by atoms with Crippen LogP contribution in [0, 0.1) is 13.8 Å². The molecule has 0 aliphatic heterocycles. The number of benzene rings is 1. The van der Waals surface area contributed by atoms with E-state index in [4.69, 9.17) is 4.42 Å². The van der Waals surface area contributed by atoms with Crippen LogP contribution in [0.25, 0.3) is 22.1 Å². The first kappa shape index (κ1) is 17.0. The molecule has 0 amide bonds. The number of aromatic nitrogens is 2. The minimum absolute atomic E-state index is 0.967. The van der Waals surface area contributed by atoms with Crippen molar-refractivity contribution in [1.29, 1.82) is 0 Å². The monoisotopic (exact) mass is 286 g/mol. The van der Waals surface area contributed by atoms with Gasteiger partial charge >= 0.3 is 0 Å². The molecule has 2 aromatic heterocycles. The molecule has 0 saturated carbocycles. The zero-order valence-electron chi connectivity index (χ0n) is 14.2. The average Bonchev–Trinajstić information content (AvgIpc) is 3.13. The molecule has 0 atom stereocenters. The lowest BCUT2D eigenvalue weighted by atomic mass is 9.97. The van der Waals surface area contributed by atoms with Crippen LogP contribution in [0.15, 0.2) is 35.2 Å². The predicted octanol–water partition coefficient (Wildman–Crippen LogP) is 5.50. The van der Waals surface area contributed by atoms with Crippen molar-refractivity contribution in [2.24, 2.45) is 7.05 Å². The summed E-state index contributed by atoms with van der Waals surface area (Å²) in [6.07, 6.45) is 5.67. The Morgan fingerprint density at radius 1 is 1.05 bits per heavy atom. The van der Waals surface area contributed by atoms with E-state index in [1.165, 1.54) is 16.7 Å². The van der Waals surface area contributed by atoms with Gasteiger partial charge in [-0.25, -0.2) is 0 Å². The molecule has 0 saturated heterocycles. The fourth-order valence-electron chi connectivity index (χ4n) is 2.42. The van der Waals surface area contributed by atoms with Crippen molar-refractivity contribution in [1.82, 2.24) is 9.78 Å². The van der Waals surface area contributed by atoms with Gasteiger partial charge in [-0.2, -0.15) is 5.10 Å². The Morgan fingerprint density at radius 3 is 2.29 bits per heavy atom. The third-order valence-corrected chi connectivity index (χ3v) is 3.11. The van der Waals surface area contributed by atoms with Crippen molar-refractivity contribution in [2.75, 3.05) is 0 Å². The van der Waals surface area contributed by atoms with Crippen molar-refractivity contribution < 1.29 is 4.42 Å². The molecule has 0 bridgehead atoms. The topological polar surface area (TPSA) is 31.0 Å². The van der Waals surface area contributed by atoms with Gasteiger partial charge in [-0.3, -0.25) is 4.68 Å². The van der Waals surface area contributed by atoms with E-state index in [1.807, 2.05) is 57.9 Å². The quantitative estimate of drug-likeness (QED) is 0.591. The van der Waals surface area contributed by atoms with Gasteiger partial charge in [0, 0.05) is 24.2 Å². The van der Waals surface area contributed by atoms with Crippen LogP contribution in [-0.2, 0) is 7.05 Å². The summed E-state index contributed by atoms with van der Waals surface area (Å²) in [5.74, 6) is 0. The second-order valence-electron chi connectivity index (χ2n) is 4.45. The molecule has 21 heavy (non-hydrogen) atoms. The molecule has 1 aromatic carbocycles. The summed E-state index contributed by atoms with van der Waals surface area (Å²) >= 11 is 0. The molecule has 0 N–H and O–H groups in total. The molecule has 3 aromatic rings. The van der Waals surface area contributed by atoms with E-state index in [1.54, 1.807) is 6.26 Å². The van der Waals surface area contributed by atoms with Gasteiger partial charge in [0.2, 0.25) is 0 Å². The SMILES string of the molecule is CC.CC.Cc1cc(C)c2occc2c1-c1cnn(C)c1. The van der Waals surface area contributed by atoms with Crippen LogP contribution in [0.5, 0.6) is 0 Å². The summed E-state index contributed by atoms with van der Waals surface area (Å²) in [5, 5.41) is 5.40. The van der Waals surface area contributed by atoms with Gasteiger partial charge in [-0.05, 0) is 36.6 Å². The average molecular weight is 286 g/mol. The van der Waals surface area contributed by atoms with E-state index in [2.05, 4.69) is 25.0 Å². The molecule has 0 unspecified atom stereocenters. The first-order valence-corrected chi connectivity index (χ1v) is 7.63. The summed E-state index contributed by atoms with van der Waals surface area (Å²) in [6.45, 7) is 12.2. The summed E-state index contributed by atoms with van der Waals surface area (Å²) < 4.78 is 7.37. The Labute approximate surface area is 127 Å². The lowest BCUT2D eigenvalue weighted by molar-refractivity contribution is 0.613. The van der Waals surface area contributed by atoms with Crippen molar-refractivity contribution in [3.63, 3.8) is 0 Å². The van der Waals surface area contributed by atoms with Crippen LogP contribution in [0.1, 0.15) is 38.8 Å². The molecule has 0 aliphatic carbocycles. The number of rotatable bonds is 1. The van der Waals surface area contributed by atoms with Gasteiger partial charge in [0.05, 0.1) is 12.5 Å². The van der Waals surface area contributed by atoms with Crippen molar-refractivity contribution in [3.8, 4) is 11.1 Å². The molecule has 3 heteroatoms. The normalized spacial score (nSPS) is 9.67. The van der Waals surface area contributed by atoms with Gasteiger partial charge in [-0.1, -0.05) is 33.8 Å². The van der Waals surface area contributed by atoms with Crippen LogP contribution in [0.2, 0.25) is 0 Å². The molecule has 0 radical (unpaired) electrons. The Bertz CT molecular complexity index is 692. The molecule has 0 spiro atoms. The highest BCUT2D eigenvalue weighted by Gasteiger charge is 2.12. The highest BCUT2D eigenvalue weighted by Crippen LogP contribution is 2.34. The van der Waals surface area contributed by atoms with Gasteiger partial charge in [0.1, 0.15) is 5.58 Å². The van der Waals surface area contributed by atoms with E-state index < -0.39 is 0 Å². The zero-order chi connectivity index (χ0) is 16.0. The number of aryl methyl sites for hydroxylation is 3. The number of nitrogens with zero attached hydrogens (tertiary/aromatic N) is 2. The largest absolute Gasteiger partial charge is 0.464 e. The number of hydrogen-bond donors (Lipinski definition) is 0. The molecular formula is C18H26N2O. The predicted molar refractivity (Wildman–Crippen MR) is 90.6 cm³/mol. The second kappa shape index (κ2) is 7.67. The smallest absolute Gasteiger partial charge is 0.137 e. The Hall–Kier alpha value is -2.03. The minimum Gasteiger partial charge on any atom is -0.464 e. The maximum Gasteiger partial charge on any atom is 0.137 e. The first-order valence-electron chi connectivity index (χ1n) is 7.63. The van der Waals surface area contributed by atoms with Crippen molar-refractivity contribution >= 4 is 11.0 Å². The van der Waals surface area contributed by atoms with Crippen LogP contribution < -0.4 is 0 Å². The van der Waals surface area contributed by atoms with E-state index in [0.717, 1.165) is 16.5 Å².